The highest BCUT2D eigenvalue weighted by atomic mass is 32.2. The first-order valence-corrected chi connectivity index (χ1v) is 7.73. The van der Waals surface area contributed by atoms with Crippen LogP contribution in [0.4, 0.5) is 0 Å². The molecule has 106 valence electrons. The van der Waals surface area contributed by atoms with E-state index in [1.165, 1.54) is 0 Å². The van der Waals surface area contributed by atoms with Crippen LogP contribution in [0.3, 0.4) is 0 Å². The van der Waals surface area contributed by atoms with Gasteiger partial charge in [0.2, 0.25) is 0 Å². The van der Waals surface area contributed by atoms with Crippen molar-refractivity contribution < 1.29 is 13.2 Å². The minimum atomic E-state index is -3.66. The predicted molar refractivity (Wildman–Crippen MR) is 72.5 cm³/mol. The van der Waals surface area contributed by atoms with Crippen molar-refractivity contribution in [2.75, 3.05) is 26.3 Å². The average molecular weight is 285 g/mol. The zero-order chi connectivity index (χ0) is 13.7. The van der Waals surface area contributed by atoms with E-state index in [1.807, 2.05) is 24.3 Å². The molecular formula is C12H19N3O3S. The molecule has 3 N–H and O–H groups in total. The Labute approximate surface area is 113 Å². The first-order chi connectivity index (χ1) is 9.04. The Kier molecular flexibility index (Phi) is 4.89. The predicted octanol–water partition coefficient (Wildman–Crippen LogP) is -0.188. The molecule has 7 heteroatoms. The highest BCUT2D eigenvalue weighted by molar-refractivity contribution is 7.87. The maximum Gasteiger partial charge on any atom is 0.274 e. The third-order valence-electron chi connectivity index (χ3n) is 3.08. The first-order valence-electron chi connectivity index (χ1n) is 6.19. The smallest absolute Gasteiger partial charge is 0.274 e. The van der Waals surface area contributed by atoms with Crippen molar-refractivity contribution >= 4 is 10.2 Å². The molecule has 1 aromatic carbocycles. The summed E-state index contributed by atoms with van der Waals surface area (Å²) in [5, 5.41) is 4.95. The van der Waals surface area contributed by atoms with Crippen molar-refractivity contribution in [2.24, 2.45) is 5.14 Å². The molecule has 0 saturated carbocycles. The van der Waals surface area contributed by atoms with Gasteiger partial charge < -0.3 is 4.74 Å². The van der Waals surface area contributed by atoms with Crippen LogP contribution < -0.4 is 9.86 Å². The monoisotopic (exact) mass is 285 g/mol. The van der Waals surface area contributed by atoms with Gasteiger partial charge in [-0.2, -0.15) is 13.1 Å². The number of benzene rings is 1. The van der Waals surface area contributed by atoms with Crippen LogP contribution in [0, 0.1) is 0 Å². The van der Waals surface area contributed by atoms with Crippen LogP contribution in [0.25, 0.3) is 0 Å². The molecule has 0 aliphatic carbocycles. The van der Waals surface area contributed by atoms with E-state index in [2.05, 4.69) is 9.62 Å². The van der Waals surface area contributed by atoms with E-state index >= 15 is 0 Å². The highest BCUT2D eigenvalue weighted by Crippen LogP contribution is 2.13. The van der Waals surface area contributed by atoms with E-state index in [0.717, 1.165) is 44.0 Å². The van der Waals surface area contributed by atoms with E-state index in [9.17, 15) is 8.42 Å². The lowest BCUT2D eigenvalue weighted by atomic mass is 10.1. The Morgan fingerprint density at radius 3 is 2.47 bits per heavy atom. The van der Waals surface area contributed by atoms with Crippen molar-refractivity contribution in [3.05, 3.63) is 35.4 Å². The second-order valence-corrected chi connectivity index (χ2v) is 5.90. The molecule has 1 aromatic rings. The third kappa shape index (κ3) is 4.88. The van der Waals surface area contributed by atoms with Gasteiger partial charge in [0.05, 0.1) is 13.2 Å². The molecule has 0 radical (unpaired) electrons. The number of hydrogen-bond acceptors (Lipinski definition) is 4. The number of hydrogen-bond donors (Lipinski definition) is 2. The molecule has 1 fully saturated rings. The molecule has 0 atom stereocenters. The minimum absolute atomic E-state index is 0.222. The normalized spacial score (nSPS) is 17.5. The number of nitrogens with zero attached hydrogens (tertiary/aromatic N) is 1. The Morgan fingerprint density at radius 2 is 1.84 bits per heavy atom. The standard InChI is InChI=1S/C12H19N3O3S/c13-19(16,17)14-9-11-3-1-2-4-12(11)10-15-5-7-18-8-6-15/h1-4,14H,5-10H2,(H2,13,16,17). The Bertz CT molecular complexity index is 513. The van der Waals surface area contributed by atoms with Crippen LogP contribution in [0.1, 0.15) is 11.1 Å². The summed E-state index contributed by atoms with van der Waals surface area (Å²) in [4.78, 5) is 2.29. The zero-order valence-electron chi connectivity index (χ0n) is 10.7. The van der Waals surface area contributed by atoms with E-state index in [0.29, 0.717) is 0 Å². The van der Waals surface area contributed by atoms with Crippen molar-refractivity contribution in [3.8, 4) is 0 Å². The number of rotatable bonds is 5. The quantitative estimate of drug-likeness (QED) is 0.785. The van der Waals surface area contributed by atoms with Crippen LogP contribution in [-0.4, -0.2) is 39.6 Å². The van der Waals surface area contributed by atoms with Crippen LogP contribution >= 0.6 is 0 Å². The molecule has 1 saturated heterocycles. The average Bonchev–Trinajstić information content (AvgIpc) is 2.38. The summed E-state index contributed by atoms with van der Waals surface area (Å²) in [6.07, 6.45) is 0. The summed E-state index contributed by atoms with van der Waals surface area (Å²) in [5.41, 5.74) is 2.06. The van der Waals surface area contributed by atoms with Crippen LogP contribution in [0.2, 0.25) is 0 Å². The Morgan fingerprint density at radius 1 is 1.21 bits per heavy atom. The van der Waals surface area contributed by atoms with Crippen molar-refractivity contribution in [1.29, 1.82) is 0 Å². The molecule has 1 aliphatic heterocycles. The van der Waals surface area contributed by atoms with E-state index < -0.39 is 10.2 Å². The molecule has 0 bridgehead atoms. The van der Waals surface area contributed by atoms with Gasteiger partial charge in [0.25, 0.3) is 10.2 Å². The molecule has 1 heterocycles. The summed E-state index contributed by atoms with van der Waals surface area (Å²) in [6.45, 7) is 4.31. The summed E-state index contributed by atoms with van der Waals surface area (Å²) in [7, 11) is -3.66. The number of nitrogens with one attached hydrogen (secondary N) is 1. The Balaban J connectivity index is 2.02. The fraction of sp³-hybridized carbons (Fsp3) is 0.500. The molecule has 0 spiro atoms. The van der Waals surface area contributed by atoms with E-state index in [-0.39, 0.29) is 6.54 Å². The van der Waals surface area contributed by atoms with Crippen molar-refractivity contribution in [2.45, 2.75) is 13.1 Å². The first kappa shape index (κ1) is 14.4. The minimum Gasteiger partial charge on any atom is -0.379 e. The van der Waals surface area contributed by atoms with Gasteiger partial charge in [0, 0.05) is 26.2 Å². The maximum atomic E-state index is 10.9. The van der Waals surface area contributed by atoms with Crippen LogP contribution in [-0.2, 0) is 28.0 Å². The largest absolute Gasteiger partial charge is 0.379 e. The van der Waals surface area contributed by atoms with Crippen molar-refractivity contribution in [1.82, 2.24) is 9.62 Å². The summed E-state index contributed by atoms with van der Waals surface area (Å²) < 4.78 is 29.5. The fourth-order valence-electron chi connectivity index (χ4n) is 2.06. The maximum absolute atomic E-state index is 10.9. The lowest BCUT2D eigenvalue weighted by molar-refractivity contribution is 0.0341. The van der Waals surface area contributed by atoms with Gasteiger partial charge in [0.1, 0.15) is 0 Å². The van der Waals surface area contributed by atoms with Gasteiger partial charge in [-0.1, -0.05) is 24.3 Å². The number of ether oxygens (including phenoxy) is 1. The van der Waals surface area contributed by atoms with Gasteiger partial charge in [-0.05, 0) is 11.1 Å². The van der Waals surface area contributed by atoms with Gasteiger partial charge in [-0.25, -0.2) is 5.14 Å². The molecule has 2 rings (SSSR count). The zero-order valence-corrected chi connectivity index (χ0v) is 11.5. The molecule has 6 nitrogen and oxygen atoms in total. The topological polar surface area (TPSA) is 84.7 Å². The molecule has 1 aliphatic rings. The van der Waals surface area contributed by atoms with Crippen molar-refractivity contribution in [3.63, 3.8) is 0 Å². The van der Waals surface area contributed by atoms with E-state index in [1.54, 1.807) is 0 Å². The van der Waals surface area contributed by atoms with Gasteiger partial charge in [-0.15, -0.1) is 0 Å². The lowest BCUT2D eigenvalue weighted by Gasteiger charge is -2.27. The fourth-order valence-corrected chi connectivity index (χ4v) is 2.42. The summed E-state index contributed by atoms with van der Waals surface area (Å²) >= 11 is 0. The molecule has 0 aromatic heterocycles. The lowest BCUT2D eigenvalue weighted by Crippen LogP contribution is -2.36. The number of nitrogens with two attached hydrogens (primary N) is 1. The molecular weight excluding hydrogens is 266 g/mol. The SMILES string of the molecule is NS(=O)(=O)NCc1ccccc1CN1CCOCC1. The van der Waals surface area contributed by atoms with Crippen LogP contribution in [0.5, 0.6) is 0 Å². The Hall–Kier alpha value is -0.990. The number of morpholine rings is 1. The second-order valence-electron chi connectivity index (χ2n) is 4.52. The molecule has 0 unspecified atom stereocenters. The van der Waals surface area contributed by atoms with Gasteiger partial charge >= 0.3 is 0 Å². The second kappa shape index (κ2) is 6.44. The van der Waals surface area contributed by atoms with Crippen LogP contribution in [0.15, 0.2) is 24.3 Å². The third-order valence-corrected chi connectivity index (χ3v) is 3.63. The van der Waals surface area contributed by atoms with Gasteiger partial charge in [0.15, 0.2) is 0 Å². The highest BCUT2D eigenvalue weighted by Gasteiger charge is 2.13. The van der Waals surface area contributed by atoms with E-state index in [4.69, 9.17) is 9.88 Å². The summed E-state index contributed by atoms with van der Waals surface area (Å²) in [5.74, 6) is 0. The summed E-state index contributed by atoms with van der Waals surface area (Å²) in [6, 6.07) is 7.77. The molecule has 0 amide bonds. The van der Waals surface area contributed by atoms with Gasteiger partial charge in [-0.3, -0.25) is 4.90 Å². The molecule has 19 heavy (non-hydrogen) atoms.